The molecule has 0 nitrogen and oxygen atoms in total. The third-order valence-electron chi connectivity index (χ3n) is 4.50. The van der Waals surface area contributed by atoms with Crippen molar-refractivity contribution in [1.29, 1.82) is 0 Å². The molecule has 0 unspecified atom stereocenters. The van der Waals surface area contributed by atoms with Gasteiger partial charge < -0.3 is 0 Å². The second kappa shape index (κ2) is 7.86. The van der Waals surface area contributed by atoms with Crippen molar-refractivity contribution in [1.82, 2.24) is 0 Å². The van der Waals surface area contributed by atoms with E-state index >= 15 is 0 Å². The maximum atomic E-state index is 12.9. The fourth-order valence-electron chi connectivity index (χ4n) is 2.98. The number of alkyl halides is 9. The summed E-state index contributed by atoms with van der Waals surface area (Å²) in [6.45, 7) is 0. The standard InChI is InChI=1S/C22H12F9/c23-20(24,25)16-7-1-13(2-8-16)19(14-3-9-17(10-4-14)21(26,27)28)15-5-11-18(12-6-15)22(29,30)31/h1-12H/q+1. The molecule has 0 N–H and O–H groups in total. The van der Waals surface area contributed by atoms with E-state index in [1.165, 1.54) is 0 Å². The van der Waals surface area contributed by atoms with Crippen LogP contribution in [0.5, 0.6) is 0 Å². The molecule has 0 bridgehead atoms. The van der Waals surface area contributed by atoms with E-state index in [1.54, 1.807) is 0 Å². The minimum atomic E-state index is -4.60. The van der Waals surface area contributed by atoms with Gasteiger partial charge in [-0.3, -0.25) is 0 Å². The average Bonchev–Trinajstić information content (AvgIpc) is 2.67. The van der Waals surface area contributed by atoms with E-state index in [9.17, 15) is 39.5 Å². The molecule has 0 atom stereocenters. The van der Waals surface area contributed by atoms with Crippen molar-refractivity contribution in [3.05, 3.63) is 112 Å². The molecular weight excluding hydrogens is 435 g/mol. The minimum Gasteiger partial charge on any atom is -0.166 e. The van der Waals surface area contributed by atoms with Crippen molar-refractivity contribution in [2.75, 3.05) is 0 Å². The number of halogens is 9. The van der Waals surface area contributed by atoms with Crippen LogP contribution in [0.15, 0.2) is 72.8 Å². The van der Waals surface area contributed by atoms with Gasteiger partial charge in [0.25, 0.3) is 0 Å². The van der Waals surface area contributed by atoms with Crippen LogP contribution in [0, 0.1) is 5.92 Å². The van der Waals surface area contributed by atoms with Crippen molar-refractivity contribution in [2.24, 2.45) is 0 Å². The Morgan fingerprint density at radius 3 is 0.710 bits per heavy atom. The van der Waals surface area contributed by atoms with Crippen LogP contribution in [0.4, 0.5) is 39.5 Å². The summed E-state index contributed by atoms with van der Waals surface area (Å²) in [4.78, 5) is 0. The van der Waals surface area contributed by atoms with Gasteiger partial charge in [-0.15, -0.1) is 0 Å². The zero-order chi connectivity index (χ0) is 23.0. The van der Waals surface area contributed by atoms with Gasteiger partial charge in [0.15, 0.2) is 0 Å². The molecule has 0 saturated carbocycles. The molecule has 0 amide bonds. The summed E-state index contributed by atoms with van der Waals surface area (Å²) in [5.41, 5.74) is -2.20. The van der Waals surface area contributed by atoms with Crippen LogP contribution >= 0.6 is 0 Å². The molecule has 0 spiro atoms. The first-order valence-electron chi connectivity index (χ1n) is 8.66. The predicted octanol–water partition coefficient (Wildman–Crippen LogP) is 7.76. The molecule has 9 heteroatoms. The number of hydrogen-bond acceptors (Lipinski definition) is 0. The summed E-state index contributed by atoms with van der Waals surface area (Å²) in [5, 5.41) is 0. The Morgan fingerprint density at radius 2 is 0.548 bits per heavy atom. The van der Waals surface area contributed by atoms with E-state index in [-0.39, 0.29) is 22.6 Å². The summed E-state index contributed by atoms with van der Waals surface area (Å²) in [5.74, 6) is 0.191. The largest absolute Gasteiger partial charge is 0.417 e. The molecule has 3 aromatic carbocycles. The molecule has 0 aliphatic heterocycles. The molecule has 0 fully saturated rings. The molecule has 3 aromatic rings. The summed E-state index contributed by atoms with van der Waals surface area (Å²) in [6.07, 6.45) is -13.8. The predicted molar refractivity (Wildman–Crippen MR) is 94.9 cm³/mol. The smallest absolute Gasteiger partial charge is 0.166 e. The summed E-state index contributed by atoms with van der Waals surface area (Å²) in [7, 11) is 0. The van der Waals surface area contributed by atoms with E-state index in [0.29, 0.717) is 0 Å². The van der Waals surface area contributed by atoms with Crippen LogP contribution in [0.3, 0.4) is 0 Å². The van der Waals surface area contributed by atoms with Gasteiger partial charge in [0, 0.05) is 0 Å². The summed E-state index contributed by atoms with van der Waals surface area (Å²) < 4.78 is 116. The maximum absolute atomic E-state index is 12.9. The van der Waals surface area contributed by atoms with Gasteiger partial charge in [-0.25, -0.2) is 0 Å². The van der Waals surface area contributed by atoms with E-state index in [1.807, 2.05) is 0 Å². The lowest BCUT2D eigenvalue weighted by molar-refractivity contribution is -0.138. The molecule has 0 aromatic heterocycles. The highest BCUT2D eigenvalue weighted by Crippen LogP contribution is 2.37. The monoisotopic (exact) mass is 447 g/mol. The van der Waals surface area contributed by atoms with Gasteiger partial charge in [0.1, 0.15) is 0 Å². The van der Waals surface area contributed by atoms with Crippen molar-refractivity contribution in [3.8, 4) is 0 Å². The quantitative estimate of drug-likeness (QED) is 0.219. The maximum Gasteiger partial charge on any atom is 0.417 e. The van der Waals surface area contributed by atoms with Crippen molar-refractivity contribution in [2.45, 2.75) is 18.5 Å². The van der Waals surface area contributed by atoms with Gasteiger partial charge in [-0.2, -0.15) is 39.5 Å². The van der Waals surface area contributed by atoms with Gasteiger partial charge >= 0.3 is 18.5 Å². The Bertz CT molecular complexity index is 871. The lowest BCUT2D eigenvalue weighted by atomic mass is 9.84. The first-order valence-corrected chi connectivity index (χ1v) is 8.66. The van der Waals surface area contributed by atoms with Crippen LogP contribution in [0.25, 0.3) is 0 Å². The van der Waals surface area contributed by atoms with Crippen LogP contribution in [-0.4, -0.2) is 0 Å². The second-order valence-corrected chi connectivity index (χ2v) is 6.60. The van der Waals surface area contributed by atoms with E-state index in [4.69, 9.17) is 0 Å². The van der Waals surface area contributed by atoms with Crippen LogP contribution in [0.2, 0.25) is 0 Å². The normalized spacial score (nSPS) is 12.7. The fourth-order valence-corrected chi connectivity index (χ4v) is 2.98. The first-order chi connectivity index (χ1) is 14.3. The highest BCUT2D eigenvalue weighted by molar-refractivity contribution is 5.58. The zero-order valence-corrected chi connectivity index (χ0v) is 15.3. The van der Waals surface area contributed by atoms with Crippen molar-refractivity contribution < 1.29 is 39.5 Å². The highest BCUT2D eigenvalue weighted by Gasteiger charge is 2.34. The molecule has 31 heavy (non-hydrogen) atoms. The fraction of sp³-hybridized carbons (Fsp3) is 0.136. The Balaban J connectivity index is 2.08. The lowest BCUT2D eigenvalue weighted by Gasteiger charge is -2.16. The Hall–Kier alpha value is -3.10. The highest BCUT2D eigenvalue weighted by atomic mass is 19.4. The number of rotatable bonds is 3. The van der Waals surface area contributed by atoms with Gasteiger partial charge in [0.2, 0.25) is 0 Å². The lowest BCUT2D eigenvalue weighted by Crippen LogP contribution is -2.10. The van der Waals surface area contributed by atoms with Crippen LogP contribution in [-0.2, 0) is 18.5 Å². The van der Waals surface area contributed by atoms with E-state index in [2.05, 4.69) is 0 Å². The third kappa shape index (κ3) is 5.15. The van der Waals surface area contributed by atoms with Crippen molar-refractivity contribution in [3.63, 3.8) is 0 Å². The Labute approximate surface area is 170 Å². The summed E-state index contributed by atoms with van der Waals surface area (Å²) >= 11 is 0. The van der Waals surface area contributed by atoms with Gasteiger partial charge in [0.05, 0.1) is 39.3 Å². The molecule has 0 aliphatic carbocycles. The van der Waals surface area contributed by atoms with Crippen molar-refractivity contribution >= 4 is 0 Å². The topological polar surface area (TPSA) is 0 Å². The third-order valence-corrected chi connectivity index (χ3v) is 4.50. The SMILES string of the molecule is FC(F)(F)c1ccc([C+](c2ccc(C(F)(F)F)cc2)c2ccc(C(F)(F)F)cc2)cc1. The van der Waals surface area contributed by atoms with Gasteiger partial charge in [-0.1, -0.05) is 0 Å². The molecule has 0 heterocycles. The minimum absolute atomic E-state index is 0.191. The Morgan fingerprint density at radius 1 is 0.355 bits per heavy atom. The average molecular weight is 447 g/mol. The summed E-state index contributed by atoms with van der Waals surface area (Å²) in [6, 6.07) is 11.5. The first kappa shape index (κ1) is 22.6. The number of hydrogen-bond donors (Lipinski definition) is 0. The molecule has 162 valence electrons. The molecule has 0 aliphatic rings. The zero-order valence-electron chi connectivity index (χ0n) is 15.3. The van der Waals surface area contributed by atoms with E-state index in [0.717, 1.165) is 72.8 Å². The van der Waals surface area contributed by atoms with Crippen LogP contribution in [0.1, 0.15) is 33.4 Å². The Kier molecular flexibility index (Phi) is 5.73. The molecule has 0 radical (unpaired) electrons. The molecule has 3 rings (SSSR count). The number of benzene rings is 3. The molecular formula is C22H12F9+. The second-order valence-electron chi connectivity index (χ2n) is 6.60. The van der Waals surface area contributed by atoms with Gasteiger partial charge in [-0.05, 0) is 72.8 Å². The molecule has 0 saturated heterocycles. The van der Waals surface area contributed by atoms with E-state index < -0.39 is 35.2 Å². The van der Waals surface area contributed by atoms with Crippen LogP contribution < -0.4 is 0 Å².